The summed E-state index contributed by atoms with van der Waals surface area (Å²) in [6.07, 6.45) is 0.404. The van der Waals surface area contributed by atoms with Gasteiger partial charge < -0.3 is 10.5 Å². The molecule has 1 atom stereocenters. The molecule has 1 aromatic carbocycles. The minimum atomic E-state index is -0.682. The van der Waals surface area contributed by atoms with E-state index in [1.807, 2.05) is 45.9 Å². The zero-order valence-corrected chi connectivity index (χ0v) is 14.0. The van der Waals surface area contributed by atoms with Gasteiger partial charge in [0.1, 0.15) is 6.04 Å². The highest BCUT2D eigenvalue weighted by Crippen LogP contribution is 2.48. The molecule has 5 heteroatoms. The normalized spacial score (nSPS) is 20.5. The van der Waals surface area contributed by atoms with E-state index in [9.17, 15) is 10.0 Å². The van der Waals surface area contributed by atoms with E-state index in [1.165, 1.54) is 0 Å². The Morgan fingerprint density at radius 3 is 2.41 bits per heavy atom. The van der Waals surface area contributed by atoms with Gasteiger partial charge in [-0.25, -0.2) is 0 Å². The van der Waals surface area contributed by atoms with Crippen LogP contribution < -0.4 is 5.73 Å². The molecule has 2 rings (SSSR count). The molecule has 2 N–H and O–H groups in total. The first-order valence-electron chi connectivity index (χ1n) is 7.66. The molecule has 121 valence electrons. The van der Waals surface area contributed by atoms with Crippen LogP contribution in [0.2, 0.25) is 0 Å². The second kappa shape index (κ2) is 5.65. The van der Waals surface area contributed by atoms with Crippen LogP contribution in [0.1, 0.15) is 51.3 Å². The molecule has 1 aliphatic heterocycles. The molecule has 0 saturated heterocycles. The van der Waals surface area contributed by atoms with E-state index in [0.717, 1.165) is 21.8 Å². The molecule has 22 heavy (non-hydrogen) atoms. The van der Waals surface area contributed by atoms with E-state index in [0.29, 0.717) is 13.0 Å². The lowest BCUT2D eigenvalue weighted by Gasteiger charge is -2.32. The van der Waals surface area contributed by atoms with Crippen molar-refractivity contribution in [3.05, 3.63) is 34.9 Å². The molecule has 0 unspecified atom stereocenters. The smallest absolute Gasteiger partial charge is 0.323 e. The number of carbonyl (C=O) groups excluding carboxylic acids is 1. The SMILES string of the molecule is CCOC(=O)[C@@H](N)Cc1ccc2c(c1)C(C)(C)N([O])C2(C)C. The van der Waals surface area contributed by atoms with E-state index in [2.05, 4.69) is 0 Å². The van der Waals surface area contributed by atoms with Crippen LogP contribution >= 0.6 is 0 Å². The van der Waals surface area contributed by atoms with Gasteiger partial charge in [-0.2, -0.15) is 0 Å². The minimum absolute atomic E-state index is 0.323. The van der Waals surface area contributed by atoms with E-state index >= 15 is 0 Å². The van der Waals surface area contributed by atoms with Crippen LogP contribution in [0.4, 0.5) is 0 Å². The zero-order chi connectivity index (χ0) is 16.7. The number of carbonyl (C=O) groups is 1. The second-order valence-electron chi connectivity index (χ2n) is 6.86. The average molecular weight is 305 g/mol. The minimum Gasteiger partial charge on any atom is -0.465 e. The fourth-order valence-electron chi connectivity index (χ4n) is 3.26. The molecular weight excluding hydrogens is 280 g/mol. The van der Waals surface area contributed by atoms with Gasteiger partial charge in [0.05, 0.1) is 17.7 Å². The molecule has 0 bridgehead atoms. The maximum absolute atomic E-state index is 12.6. The van der Waals surface area contributed by atoms with E-state index < -0.39 is 23.1 Å². The number of benzene rings is 1. The van der Waals surface area contributed by atoms with Gasteiger partial charge in [0.2, 0.25) is 0 Å². The van der Waals surface area contributed by atoms with Crippen LogP contribution in [-0.4, -0.2) is 23.7 Å². The van der Waals surface area contributed by atoms with Gasteiger partial charge in [0.15, 0.2) is 0 Å². The quantitative estimate of drug-likeness (QED) is 0.866. The van der Waals surface area contributed by atoms with Crippen LogP contribution in [0.25, 0.3) is 0 Å². The molecule has 1 aliphatic rings. The largest absolute Gasteiger partial charge is 0.465 e. The summed E-state index contributed by atoms with van der Waals surface area (Å²) in [6, 6.07) is 5.23. The van der Waals surface area contributed by atoms with Gasteiger partial charge in [0.25, 0.3) is 0 Å². The van der Waals surface area contributed by atoms with E-state index in [1.54, 1.807) is 6.92 Å². The van der Waals surface area contributed by atoms with E-state index in [-0.39, 0.29) is 0 Å². The molecule has 0 fully saturated rings. The number of hydroxylamine groups is 2. The highest BCUT2D eigenvalue weighted by molar-refractivity contribution is 5.75. The Bertz CT molecular complexity index is 581. The van der Waals surface area contributed by atoms with Gasteiger partial charge >= 0.3 is 5.97 Å². The highest BCUT2D eigenvalue weighted by atomic mass is 16.5. The Balaban J connectivity index is 2.30. The van der Waals surface area contributed by atoms with Crippen molar-refractivity contribution >= 4 is 5.97 Å². The number of fused-ring (bicyclic) bond motifs is 1. The van der Waals surface area contributed by atoms with Crippen LogP contribution in [0.5, 0.6) is 0 Å². The number of rotatable bonds is 4. The molecule has 1 aromatic rings. The van der Waals surface area contributed by atoms with Crippen LogP contribution in [0.3, 0.4) is 0 Å². The van der Waals surface area contributed by atoms with Crippen molar-refractivity contribution in [1.29, 1.82) is 0 Å². The van der Waals surface area contributed by atoms with Crippen molar-refractivity contribution in [3.8, 4) is 0 Å². The topological polar surface area (TPSA) is 75.5 Å². The van der Waals surface area contributed by atoms with Gasteiger partial charge in [0, 0.05) is 0 Å². The summed E-state index contributed by atoms with van der Waals surface area (Å²) in [5.74, 6) is -0.395. The second-order valence-corrected chi connectivity index (χ2v) is 6.86. The van der Waals surface area contributed by atoms with Crippen molar-refractivity contribution in [1.82, 2.24) is 5.06 Å². The summed E-state index contributed by atoms with van der Waals surface area (Å²) in [5.41, 5.74) is 7.71. The first kappa shape index (κ1) is 16.9. The third-order valence-electron chi connectivity index (χ3n) is 4.46. The van der Waals surface area contributed by atoms with Crippen LogP contribution in [-0.2, 0) is 32.2 Å². The molecule has 0 spiro atoms. The van der Waals surface area contributed by atoms with Gasteiger partial charge in [-0.1, -0.05) is 18.2 Å². The predicted molar refractivity (Wildman–Crippen MR) is 83.3 cm³/mol. The molecule has 1 radical (unpaired) electrons. The van der Waals surface area contributed by atoms with Crippen molar-refractivity contribution in [2.75, 3.05) is 6.61 Å². The number of esters is 1. The van der Waals surface area contributed by atoms with Crippen molar-refractivity contribution in [2.24, 2.45) is 5.73 Å². The summed E-state index contributed by atoms with van der Waals surface area (Å²) < 4.78 is 4.94. The predicted octanol–water partition coefficient (Wildman–Crippen LogP) is 2.25. The molecule has 0 aromatic heterocycles. The lowest BCUT2D eigenvalue weighted by Crippen LogP contribution is -2.41. The summed E-state index contributed by atoms with van der Waals surface area (Å²) in [5, 5.41) is 13.7. The summed E-state index contributed by atoms with van der Waals surface area (Å²) >= 11 is 0. The van der Waals surface area contributed by atoms with E-state index in [4.69, 9.17) is 10.5 Å². The number of hydrogen-bond donors (Lipinski definition) is 1. The van der Waals surface area contributed by atoms with Gasteiger partial charge in [-0.3, -0.25) is 4.79 Å². The summed E-state index contributed by atoms with van der Waals surface area (Å²) in [6.45, 7) is 9.77. The first-order valence-corrected chi connectivity index (χ1v) is 7.66. The third-order valence-corrected chi connectivity index (χ3v) is 4.46. The van der Waals surface area contributed by atoms with Gasteiger partial charge in [-0.15, -0.1) is 10.3 Å². The fraction of sp³-hybridized carbons (Fsp3) is 0.588. The number of ether oxygens (including phenoxy) is 1. The van der Waals surface area contributed by atoms with Crippen molar-refractivity contribution in [2.45, 2.75) is 58.2 Å². The molecule has 1 heterocycles. The maximum Gasteiger partial charge on any atom is 0.323 e. The molecule has 0 amide bonds. The number of hydrogen-bond acceptors (Lipinski definition) is 4. The molecule has 5 nitrogen and oxygen atoms in total. The summed E-state index contributed by atoms with van der Waals surface area (Å²) in [7, 11) is 0. The lowest BCUT2D eigenvalue weighted by atomic mass is 9.88. The Morgan fingerprint density at radius 2 is 1.82 bits per heavy atom. The van der Waals surface area contributed by atoms with Crippen LogP contribution in [0.15, 0.2) is 18.2 Å². The van der Waals surface area contributed by atoms with Crippen LogP contribution in [0, 0.1) is 0 Å². The number of nitrogens with zero attached hydrogens (tertiary/aromatic N) is 1. The Labute approximate surface area is 132 Å². The Hall–Kier alpha value is -1.43. The standard InChI is InChI=1S/C17H25N2O3/c1-6-22-15(20)14(18)10-11-7-8-12-13(9-11)17(4,5)19(21)16(12,2)3/h7-9,14H,6,10,18H2,1-5H3/t14-/m0/s1. The van der Waals surface area contributed by atoms with Crippen molar-refractivity contribution in [3.63, 3.8) is 0 Å². The first-order chi connectivity index (χ1) is 10.1. The zero-order valence-electron chi connectivity index (χ0n) is 14.0. The molecule has 0 aliphatic carbocycles. The molecule has 0 saturated carbocycles. The Kier molecular flexibility index (Phi) is 4.35. The fourth-order valence-corrected chi connectivity index (χ4v) is 3.26. The monoisotopic (exact) mass is 305 g/mol. The van der Waals surface area contributed by atoms with Crippen molar-refractivity contribution < 1.29 is 14.7 Å². The Morgan fingerprint density at radius 1 is 1.23 bits per heavy atom. The lowest BCUT2D eigenvalue weighted by molar-refractivity contribution is -0.266. The maximum atomic E-state index is 12.6. The highest BCUT2D eigenvalue weighted by Gasteiger charge is 2.49. The average Bonchev–Trinajstić information content (AvgIpc) is 2.58. The summed E-state index contributed by atoms with van der Waals surface area (Å²) in [4.78, 5) is 11.7. The van der Waals surface area contributed by atoms with Gasteiger partial charge in [-0.05, 0) is 57.7 Å². The number of nitrogens with two attached hydrogens (primary N) is 1. The third kappa shape index (κ3) is 2.64. The molecular formula is C17H25N2O3.